The predicted molar refractivity (Wildman–Crippen MR) is 236 cm³/mol. The van der Waals surface area contributed by atoms with Crippen LogP contribution in [-0.2, 0) is 39.0 Å². The molecule has 0 radical (unpaired) electrons. The van der Waals surface area contributed by atoms with Crippen LogP contribution in [0.1, 0.15) is 55.9 Å². The molecule has 304 valence electrons. The summed E-state index contributed by atoms with van der Waals surface area (Å²) in [7, 11) is 0. The molecule has 2 aliphatic rings. The maximum Gasteiger partial charge on any atom is 0.137 e. The second-order valence-corrected chi connectivity index (χ2v) is 15.2. The summed E-state index contributed by atoms with van der Waals surface area (Å²) in [5, 5.41) is 22.8. The summed E-state index contributed by atoms with van der Waals surface area (Å²) in [4.78, 5) is 30.2. The van der Waals surface area contributed by atoms with E-state index in [2.05, 4.69) is 75.4 Å². The van der Waals surface area contributed by atoms with E-state index in [9.17, 15) is 10.5 Å². The van der Waals surface area contributed by atoms with Crippen molar-refractivity contribution in [1.29, 1.82) is 10.5 Å². The van der Waals surface area contributed by atoms with E-state index < -0.39 is 0 Å². The number of nitrogens with two attached hydrogens (primary N) is 1. The van der Waals surface area contributed by atoms with Crippen LogP contribution in [0, 0.1) is 36.5 Å². The highest BCUT2D eigenvalue weighted by atomic mass is 35.5. The van der Waals surface area contributed by atoms with Crippen molar-refractivity contribution in [3.63, 3.8) is 0 Å². The summed E-state index contributed by atoms with van der Waals surface area (Å²) >= 11 is 6.15. The SMILES string of the molecule is Cc1ccc(N2CCc3ncnc(Cl)c3C2)c(C#N)c1.Cc1ccc(N2CCc3ncnc(NCc4ccn5ccnc5c4)c3C2)c(C#N)c1.NCc1ccn2ccnc2c1. The normalized spacial score (nSPS) is 12.9. The monoisotopic (exact) mass is 826 g/mol. The van der Waals surface area contributed by atoms with Gasteiger partial charge in [0.1, 0.15) is 47.1 Å². The molecule has 0 unspecified atom stereocenters. The van der Waals surface area contributed by atoms with Gasteiger partial charge in [-0.25, -0.2) is 29.9 Å². The van der Waals surface area contributed by atoms with Crippen molar-refractivity contribution < 1.29 is 0 Å². The summed E-state index contributed by atoms with van der Waals surface area (Å²) < 4.78 is 3.95. The number of rotatable bonds is 6. The summed E-state index contributed by atoms with van der Waals surface area (Å²) in [5.74, 6) is 0.846. The molecule has 0 spiro atoms. The number of nitrogens with zero attached hydrogens (tertiary/aromatic N) is 12. The van der Waals surface area contributed by atoms with Crippen LogP contribution in [0.5, 0.6) is 0 Å². The molecular formula is C46H43ClN14. The average molecular weight is 827 g/mol. The minimum Gasteiger partial charge on any atom is -0.366 e. The molecule has 3 N–H and O–H groups in total. The summed E-state index contributed by atoms with van der Waals surface area (Å²) in [6.07, 6.45) is 16.2. The van der Waals surface area contributed by atoms with E-state index >= 15 is 0 Å². The largest absolute Gasteiger partial charge is 0.366 e. The Kier molecular flexibility index (Phi) is 12.1. The van der Waals surface area contributed by atoms with Crippen molar-refractivity contribution in [2.75, 3.05) is 28.2 Å². The van der Waals surface area contributed by atoms with E-state index in [1.807, 2.05) is 89.9 Å². The molecule has 15 heteroatoms. The fourth-order valence-corrected chi connectivity index (χ4v) is 7.78. The molecule has 61 heavy (non-hydrogen) atoms. The molecule has 0 fully saturated rings. The molecule has 0 amide bonds. The van der Waals surface area contributed by atoms with Crippen LogP contribution in [0.3, 0.4) is 0 Å². The first-order valence-electron chi connectivity index (χ1n) is 19.9. The summed E-state index contributed by atoms with van der Waals surface area (Å²) in [6.45, 7) is 8.20. The number of aromatic nitrogens is 8. The second-order valence-electron chi connectivity index (χ2n) is 14.9. The number of halogens is 1. The van der Waals surface area contributed by atoms with Crippen LogP contribution in [0.4, 0.5) is 17.2 Å². The average Bonchev–Trinajstić information content (AvgIpc) is 3.98. The van der Waals surface area contributed by atoms with Crippen molar-refractivity contribution in [2.45, 2.75) is 52.9 Å². The predicted octanol–water partition coefficient (Wildman–Crippen LogP) is 7.15. The number of fused-ring (bicyclic) bond motifs is 4. The van der Waals surface area contributed by atoms with Gasteiger partial charge in [-0.2, -0.15) is 10.5 Å². The zero-order chi connectivity index (χ0) is 42.3. The van der Waals surface area contributed by atoms with Crippen LogP contribution in [0.25, 0.3) is 11.3 Å². The highest BCUT2D eigenvalue weighted by Crippen LogP contribution is 2.31. The van der Waals surface area contributed by atoms with Gasteiger partial charge in [0.25, 0.3) is 0 Å². The van der Waals surface area contributed by atoms with Gasteiger partial charge in [-0.05, 0) is 84.6 Å². The van der Waals surface area contributed by atoms with Crippen molar-refractivity contribution in [3.8, 4) is 12.1 Å². The lowest BCUT2D eigenvalue weighted by atomic mass is 10.0. The Balaban J connectivity index is 0.000000142. The van der Waals surface area contributed by atoms with E-state index in [-0.39, 0.29) is 0 Å². The number of hydrogen-bond donors (Lipinski definition) is 2. The molecule has 0 saturated heterocycles. The first-order valence-corrected chi connectivity index (χ1v) is 20.3. The number of anilines is 3. The van der Waals surface area contributed by atoms with E-state index in [1.54, 1.807) is 18.7 Å². The van der Waals surface area contributed by atoms with Crippen LogP contribution in [0.15, 0.2) is 110 Å². The molecule has 6 aromatic heterocycles. The third-order valence-corrected chi connectivity index (χ3v) is 11.1. The van der Waals surface area contributed by atoms with E-state index in [0.29, 0.717) is 42.5 Å². The molecule has 0 atom stereocenters. The van der Waals surface area contributed by atoms with E-state index in [0.717, 1.165) is 99.2 Å². The van der Waals surface area contributed by atoms with Crippen molar-refractivity contribution >= 4 is 40.1 Å². The number of benzene rings is 2. The maximum atomic E-state index is 9.57. The summed E-state index contributed by atoms with van der Waals surface area (Å²) in [5.41, 5.74) is 19.2. The minimum atomic E-state index is 0.505. The van der Waals surface area contributed by atoms with Crippen molar-refractivity contribution in [2.24, 2.45) is 5.73 Å². The van der Waals surface area contributed by atoms with E-state index in [1.165, 1.54) is 6.33 Å². The van der Waals surface area contributed by atoms with Gasteiger partial charge in [0.05, 0.1) is 33.9 Å². The number of pyridine rings is 2. The topological polar surface area (TPSA) is 178 Å². The lowest BCUT2D eigenvalue weighted by Crippen LogP contribution is -2.32. The summed E-state index contributed by atoms with van der Waals surface area (Å²) in [6, 6.07) is 24.7. The Morgan fingerprint density at radius 1 is 0.656 bits per heavy atom. The number of imidazole rings is 2. The fraction of sp³-hybridized carbons (Fsp3) is 0.217. The van der Waals surface area contributed by atoms with Gasteiger partial charge in [0.15, 0.2) is 0 Å². The van der Waals surface area contributed by atoms with Crippen molar-refractivity contribution in [1.82, 2.24) is 38.7 Å². The number of hydrogen-bond acceptors (Lipinski definition) is 12. The van der Waals surface area contributed by atoms with Gasteiger partial charge >= 0.3 is 0 Å². The maximum absolute atomic E-state index is 9.57. The standard InChI is InChI=1S/C23H21N7.C15H13ClN4.C8H9N3/c1-16-2-3-21(18(10-16)12-24)30-8-5-20-19(14-30)23(28-15-27-20)26-13-17-4-7-29-9-6-25-22(29)11-17;1-10-2-3-14(11(6-10)7-17)20-5-4-13-12(8-20)15(16)19-9-18-13;9-6-7-1-3-11-4-2-10-8(11)5-7/h2-4,6-7,9-11,15H,5,8,13-14H2,1H3,(H,26,27,28);2-3,6,9H,4-5,8H2,1H3;1-5H,6,9H2. The third kappa shape index (κ3) is 9.11. The molecule has 14 nitrogen and oxygen atoms in total. The lowest BCUT2D eigenvalue weighted by molar-refractivity contribution is 0.704. The van der Waals surface area contributed by atoms with Crippen LogP contribution < -0.4 is 20.9 Å². The van der Waals surface area contributed by atoms with Crippen LogP contribution in [-0.4, -0.2) is 51.8 Å². The molecule has 8 aromatic rings. The highest BCUT2D eigenvalue weighted by Gasteiger charge is 2.24. The number of nitrogens with one attached hydrogen (secondary N) is 1. The Labute approximate surface area is 358 Å². The van der Waals surface area contributed by atoms with Gasteiger partial charge in [0, 0.05) is 100 Å². The molecule has 0 aliphatic carbocycles. The molecule has 2 aromatic carbocycles. The highest BCUT2D eigenvalue weighted by molar-refractivity contribution is 6.30. The van der Waals surface area contributed by atoms with Gasteiger partial charge in [-0.15, -0.1) is 0 Å². The molecule has 2 aliphatic heterocycles. The number of aryl methyl sites for hydroxylation is 2. The smallest absolute Gasteiger partial charge is 0.137 e. The Bertz CT molecular complexity index is 2920. The van der Waals surface area contributed by atoms with Crippen LogP contribution >= 0.6 is 11.6 Å². The first kappa shape index (κ1) is 40.4. The Morgan fingerprint density at radius 2 is 1.20 bits per heavy atom. The molecule has 8 heterocycles. The van der Waals surface area contributed by atoms with Crippen molar-refractivity contribution in [3.05, 3.63) is 172 Å². The van der Waals surface area contributed by atoms with Gasteiger partial charge in [-0.3, -0.25) is 0 Å². The van der Waals surface area contributed by atoms with Gasteiger partial charge in [-0.1, -0.05) is 23.7 Å². The quantitative estimate of drug-likeness (QED) is 0.162. The molecule has 0 saturated carbocycles. The Hall–Kier alpha value is -7.39. The Morgan fingerprint density at radius 3 is 1.79 bits per heavy atom. The first-order chi connectivity index (χ1) is 29.8. The fourth-order valence-electron chi connectivity index (χ4n) is 7.57. The second kappa shape index (κ2) is 18.3. The third-order valence-electron chi connectivity index (χ3n) is 10.8. The van der Waals surface area contributed by atoms with Gasteiger partial charge in [0.2, 0.25) is 0 Å². The lowest BCUT2D eigenvalue weighted by Gasteiger charge is -2.31. The molecule has 10 rings (SSSR count). The molecular weight excluding hydrogens is 784 g/mol. The number of nitriles is 2. The molecule has 0 bridgehead atoms. The zero-order valence-corrected chi connectivity index (χ0v) is 34.6. The van der Waals surface area contributed by atoms with Crippen LogP contribution in [0.2, 0.25) is 5.15 Å². The van der Waals surface area contributed by atoms with E-state index in [4.69, 9.17) is 17.3 Å². The van der Waals surface area contributed by atoms with Gasteiger partial charge < -0.3 is 29.7 Å². The zero-order valence-electron chi connectivity index (χ0n) is 33.9. The minimum absolute atomic E-state index is 0.505.